The fourth-order valence-corrected chi connectivity index (χ4v) is 3.35. The van der Waals surface area contributed by atoms with Gasteiger partial charge in [0, 0.05) is 12.2 Å². The second kappa shape index (κ2) is 8.25. The van der Waals surface area contributed by atoms with Crippen LogP contribution in [-0.4, -0.2) is 25.5 Å². The molecule has 1 aliphatic carbocycles. The summed E-state index contributed by atoms with van der Waals surface area (Å²) in [5.41, 5.74) is 4.11. The molecule has 0 bridgehead atoms. The van der Waals surface area contributed by atoms with Crippen LogP contribution in [0.1, 0.15) is 23.1 Å². The smallest absolute Gasteiger partial charge is 0.228 e. The quantitative estimate of drug-likeness (QED) is 0.790. The minimum atomic E-state index is -0.234. The summed E-state index contributed by atoms with van der Waals surface area (Å²) in [6, 6.07) is 13.7. The van der Waals surface area contributed by atoms with E-state index in [4.69, 9.17) is 4.74 Å². The zero-order valence-electron chi connectivity index (χ0n) is 16.0. The second-order valence-electron chi connectivity index (χ2n) is 7.21. The number of carbonyl (C=O) groups excluding carboxylic acids is 2. The van der Waals surface area contributed by atoms with Crippen molar-refractivity contribution in [3.63, 3.8) is 0 Å². The van der Waals surface area contributed by atoms with Crippen molar-refractivity contribution in [1.82, 2.24) is 5.32 Å². The van der Waals surface area contributed by atoms with Crippen LogP contribution in [0.15, 0.2) is 42.5 Å². The lowest BCUT2D eigenvalue weighted by atomic mass is 10.1. The van der Waals surface area contributed by atoms with E-state index in [1.54, 1.807) is 7.11 Å². The third kappa shape index (κ3) is 5.09. The summed E-state index contributed by atoms with van der Waals surface area (Å²) in [4.78, 5) is 24.7. The van der Waals surface area contributed by atoms with Crippen LogP contribution in [0.5, 0.6) is 5.75 Å². The highest BCUT2D eigenvalue weighted by Gasteiger charge is 2.47. The standard InChI is InChI=1S/C22H26N2O3/c1-14-9-15(2)11-17(10-14)24-22(26)20-13-19(20)21(25)23-8-7-16-5-4-6-18(12-16)27-3/h4-6,9-12,19-20H,7-8,13H2,1-3H3,(H,23,25)(H,24,26). The molecule has 2 unspecified atom stereocenters. The molecule has 0 aliphatic heterocycles. The first kappa shape index (κ1) is 19.0. The lowest BCUT2D eigenvalue weighted by Gasteiger charge is -2.08. The zero-order valence-corrected chi connectivity index (χ0v) is 16.0. The van der Waals surface area contributed by atoms with Gasteiger partial charge >= 0.3 is 0 Å². The first-order valence-corrected chi connectivity index (χ1v) is 9.26. The number of methoxy groups -OCH3 is 1. The minimum Gasteiger partial charge on any atom is -0.497 e. The lowest BCUT2D eigenvalue weighted by Crippen LogP contribution is -2.29. The third-order valence-electron chi connectivity index (χ3n) is 4.80. The van der Waals surface area contributed by atoms with Crippen LogP contribution in [0.2, 0.25) is 0 Å². The van der Waals surface area contributed by atoms with Crippen LogP contribution in [0.3, 0.4) is 0 Å². The lowest BCUT2D eigenvalue weighted by molar-refractivity contribution is -0.125. The van der Waals surface area contributed by atoms with Crippen LogP contribution in [0.25, 0.3) is 0 Å². The number of hydrogen-bond donors (Lipinski definition) is 2. The number of rotatable bonds is 7. The molecule has 0 heterocycles. The monoisotopic (exact) mass is 366 g/mol. The molecule has 0 radical (unpaired) electrons. The summed E-state index contributed by atoms with van der Waals surface area (Å²) in [6.07, 6.45) is 1.34. The molecule has 5 heteroatoms. The fourth-order valence-electron chi connectivity index (χ4n) is 3.35. The van der Waals surface area contributed by atoms with E-state index in [1.165, 1.54) is 0 Å². The Morgan fingerprint density at radius 3 is 2.44 bits per heavy atom. The molecule has 5 nitrogen and oxygen atoms in total. The number of anilines is 1. The number of carbonyl (C=O) groups is 2. The van der Waals surface area contributed by atoms with Crippen molar-refractivity contribution in [2.24, 2.45) is 11.8 Å². The highest BCUT2D eigenvalue weighted by molar-refractivity contribution is 5.99. The van der Waals surface area contributed by atoms with Crippen molar-refractivity contribution in [3.8, 4) is 5.75 Å². The maximum absolute atomic E-state index is 12.4. The molecule has 1 fully saturated rings. The van der Waals surface area contributed by atoms with E-state index < -0.39 is 0 Å². The van der Waals surface area contributed by atoms with Crippen LogP contribution >= 0.6 is 0 Å². The Kier molecular flexibility index (Phi) is 5.79. The van der Waals surface area contributed by atoms with Crippen LogP contribution in [0.4, 0.5) is 5.69 Å². The Morgan fingerprint density at radius 1 is 1.04 bits per heavy atom. The second-order valence-corrected chi connectivity index (χ2v) is 7.21. The Morgan fingerprint density at radius 2 is 1.74 bits per heavy atom. The Labute approximate surface area is 160 Å². The van der Waals surface area contributed by atoms with Crippen molar-refractivity contribution < 1.29 is 14.3 Å². The molecule has 2 atom stereocenters. The number of ether oxygens (including phenoxy) is 1. The van der Waals surface area contributed by atoms with Crippen LogP contribution in [0, 0.1) is 25.7 Å². The van der Waals surface area contributed by atoms with Gasteiger partial charge in [-0.2, -0.15) is 0 Å². The molecule has 2 N–H and O–H groups in total. The molecule has 2 amide bonds. The Bertz CT molecular complexity index is 827. The van der Waals surface area contributed by atoms with E-state index in [-0.39, 0.29) is 23.7 Å². The normalized spacial score (nSPS) is 17.9. The average Bonchev–Trinajstić information content (AvgIpc) is 3.42. The van der Waals surface area contributed by atoms with E-state index in [9.17, 15) is 9.59 Å². The van der Waals surface area contributed by atoms with Gasteiger partial charge in [0.1, 0.15) is 5.75 Å². The zero-order chi connectivity index (χ0) is 19.4. The van der Waals surface area contributed by atoms with Crippen molar-refractivity contribution >= 4 is 17.5 Å². The van der Waals surface area contributed by atoms with E-state index in [0.717, 1.165) is 34.5 Å². The number of amides is 2. The molecular weight excluding hydrogens is 340 g/mol. The number of nitrogens with one attached hydrogen (secondary N) is 2. The van der Waals surface area contributed by atoms with Crippen molar-refractivity contribution in [3.05, 3.63) is 59.2 Å². The van der Waals surface area contributed by atoms with Gasteiger partial charge < -0.3 is 15.4 Å². The van der Waals surface area contributed by atoms with Gasteiger partial charge in [0.2, 0.25) is 11.8 Å². The molecule has 2 aromatic rings. The van der Waals surface area contributed by atoms with Crippen molar-refractivity contribution in [2.45, 2.75) is 26.7 Å². The highest BCUT2D eigenvalue weighted by atomic mass is 16.5. The molecule has 0 saturated heterocycles. The summed E-state index contributed by atoms with van der Waals surface area (Å²) in [5.74, 6) is 0.236. The first-order valence-electron chi connectivity index (χ1n) is 9.26. The maximum atomic E-state index is 12.4. The van der Waals surface area contributed by atoms with Gasteiger partial charge in [-0.05, 0) is 67.6 Å². The molecule has 0 spiro atoms. The molecule has 3 rings (SSSR count). The van der Waals surface area contributed by atoms with Crippen molar-refractivity contribution in [1.29, 1.82) is 0 Å². The van der Waals surface area contributed by atoms with Gasteiger partial charge in [-0.1, -0.05) is 18.2 Å². The summed E-state index contributed by atoms with van der Waals surface area (Å²) >= 11 is 0. The topological polar surface area (TPSA) is 67.4 Å². The Hall–Kier alpha value is -2.82. The van der Waals surface area contributed by atoms with Crippen molar-refractivity contribution in [2.75, 3.05) is 19.0 Å². The number of benzene rings is 2. The summed E-state index contributed by atoms with van der Waals surface area (Å²) in [7, 11) is 1.64. The SMILES string of the molecule is COc1cccc(CCNC(=O)C2CC2C(=O)Nc2cc(C)cc(C)c2)c1. The molecule has 1 saturated carbocycles. The van der Waals surface area contributed by atoms with Gasteiger partial charge in [0.05, 0.1) is 18.9 Å². The molecule has 0 aromatic heterocycles. The van der Waals surface area contributed by atoms with Crippen LogP contribution in [-0.2, 0) is 16.0 Å². The number of aryl methyl sites for hydroxylation is 2. The van der Waals surface area contributed by atoms with Gasteiger partial charge in [-0.25, -0.2) is 0 Å². The number of hydrogen-bond acceptors (Lipinski definition) is 3. The summed E-state index contributed by atoms with van der Waals surface area (Å²) in [5, 5.41) is 5.87. The average molecular weight is 366 g/mol. The molecule has 142 valence electrons. The summed E-state index contributed by atoms with van der Waals surface area (Å²) < 4.78 is 5.20. The molecule has 2 aromatic carbocycles. The first-order chi connectivity index (χ1) is 13.0. The van der Waals surface area contributed by atoms with E-state index >= 15 is 0 Å². The van der Waals surface area contributed by atoms with E-state index in [0.29, 0.717) is 13.0 Å². The minimum absolute atomic E-state index is 0.0431. The van der Waals surface area contributed by atoms with E-state index in [1.807, 2.05) is 50.2 Å². The molecule has 27 heavy (non-hydrogen) atoms. The molecule has 1 aliphatic rings. The highest BCUT2D eigenvalue weighted by Crippen LogP contribution is 2.39. The van der Waals surface area contributed by atoms with Gasteiger partial charge in [-0.15, -0.1) is 0 Å². The Balaban J connectivity index is 1.44. The van der Waals surface area contributed by atoms with E-state index in [2.05, 4.69) is 16.7 Å². The maximum Gasteiger partial charge on any atom is 0.228 e. The largest absolute Gasteiger partial charge is 0.497 e. The third-order valence-corrected chi connectivity index (χ3v) is 4.80. The van der Waals surface area contributed by atoms with Gasteiger partial charge in [-0.3, -0.25) is 9.59 Å². The van der Waals surface area contributed by atoms with Crippen LogP contribution < -0.4 is 15.4 Å². The van der Waals surface area contributed by atoms with Gasteiger partial charge in [0.15, 0.2) is 0 Å². The van der Waals surface area contributed by atoms with Gasteiger partial charge in [0.25, 0.3) is 0 Å². The predicted octanol–water partition coefficient (Wildman–Crippen LogP) is 3.25. The fraction of sp³-hybridized carbons (Fsp3) is 0.364. The predicted molar refractivity (Wildman–Crippen MR) is 106 cm³/mol. The summed E-state index contributed by atoms with van der Waals surface area (Å²) in [6.45, 7) is 4.55. The molecular formula is C22H26N2O3.